The van der Waals surface area contributed by atoms with Gasteiger partial charge >= 0.3 is 6.03 Å². The third-order valence-electron chi connectivity index (χ3n) is 6.84. The van der Waals surface area contributed by atoms with Crippen molar-refractivity contribution >= 4 is 23.4 Å². The van der Waals surface area contributed by atoms with Crippen LogP contribution in [0, 0.1) is 6.92 Å². The molecule has 2 amide bonds. The molecule has 6 rings (SSSR count). The number of fused-ring (bicyclic) bond motifs is 1. The lowest BCUT2D eigenvalue weighted by molar-refractivity contribution is 0.000735. The normalized spacial score (nSPS) is 17.6. The second kappa shape index (κ2) is 10.3. The summed E-state index contributed by atoms with van der Waals surface area (Å²) in [5.41, 5.74) is 4.75. The molecule has 3 aliphatic heterocycles. The van der Waals surface area contributed by atoms with Gasteiger partial charge in [-0.25, -0.2) is 24.7 Å². The maximum atomic E-state index is 12.2. The second-order valence-electron chi connectivity index (χ2n) is 9.49. The van der Waals surface area contributed by atoms with E-state index >= 15 is 0 Å². The van der Waals surface area contributed by atoms with Crippen LogP contribution in [0.4, 0.5) is 22.1 Å². The highest BCUT2D eigenvalue weighted by Crippen LogP contribution is 2.31. The zero-order valence-electron chi connectivity index (χ0n) is 20.8. The Labute approximate surface area is 215 Å². The number of aromatic nitrogens is 4. The van der Waals surface area contributed by atoms with Crippen molar-refractivity contribution in [2.75, 3.05) is 61.2 Å². The number of nitrogens with one attached hydrogen (secondary N) is 2. The first kappa shape index (κ1) is 23.6. The molecule has 2 N–H and O–H groups in total. The Balaban J connectivity index is 1.28. The molecule has 1 aromatic carbocycles. The number of carbonyl (C=O) groups is 1. The predicted octanol–water partition coefficient (Wildman–Crippen LogP) is 2.16. The quantitative estimate of drug-likeness (QED) is 0.541. The van der Waals surface area contributed by atoms with Gasteiger partial charge in [0.05, 0.1) is 44.7 Å². The zero-order valence-corrected chi connectivity index (χ0v) is 20.8. The van der Waals surface area contributed by atoms with Crippen LogP contribution in [0.5, 0.6) is 0 Å². The number of nitrogens with zero attached hydrogens (tertiary/aromatic N) is 6. The van der Waals surface area contributed by atoms with Gasteiger partial charge in [-0.2, -0.15) is 0 Å². The smallest absolute Gasteiger partial charge is 0.319 e. The van der Waals surface area contributed by atoms with Gasteiger partial charge in [0.25, 0.3) is 0 Å². The van der Waals surface area contributed by atoms with Crippen molar-refractivity contribution in [2.24, 2.45) is 0 Å². The predicted molar refractivity (Wildman–Crippen MR) is 139 cm³/mol. The largest absolute Gasteiger partial charge is 0.378 e. The Morgan fingerprint density at radius 1 is 1.00 bits per heavy atom. The molecule has 0 saturated carbocycles. The van der Waals surface area contributed by atoms with Crippen molar-refractivity contribution < 1.29 is 14.3 Å². The summed E-state index contributed by atoms with van der Waals surface area (Å²) >= 11 is 0. The summed E-state index contributed by atoms with van der Waals surface area (Å²) in [6, 6.07) is 9.49. The van der Waals surface area contributed by atoms with Gasteiger partial charge in [0.15, 0.2) is 5.82 Å². The van der Waals surface area contributed by atoms with Crippen molar-refractivity contribution in [3.05, 3.63) is 53.6 Å². The average Bonchev–Trinajstić information content (AvgIpc) is 2.91. The van der Waals surface area contributed by atoms with Gasteiger partial charge in [0, 0.05) is 48.2 Å². The van der Waals surface area contributed by atoms with Crippen molar-refractivity contribution in [2.45, 2.75) is 25.9 Å². The molecule has 0 aliphatic carbocycles. The van der Waals surface area contributed by atoms with Gasteiger partial charge in [0.2, 0.25) is 0 Å². The number of anilines is 3. The Kier molecular flexibility index (Phi) is 6.54. The van der Waals surface area contributed by atoms with Gasteiger partial charge < -0.3 is 29.9 Å². The number of hydrogen-bond donors (Lipinski definition) is 2. The maximum absolute atomic E-state index is 12.2. The van der Waals surface area contributed by atoms with E-state index in [2.05, 4.69) is 30.4 Å². The van der Waals surface area contributed by atoms with Crippen molar-refractivity contribution in [1.82, 2.24) is 25.3 Å². The minimum absolute atomic E-state index is 0.0765. The molecule has 0 spiro atoms. The van der Waals surface area contributed by atoms with E-state index < -0.39 is 0 Å². The standard InChI is InChI=1S/C26H30N8O3/c1-17-12-23(28-16-27-17)34-7-6-21-22(13-34)31-24(32-25(21)33-8-10-36-11-9-33)18-2-4-19(5-3-18)29-26(35)30-20-14-37-15-20/h2-5,12,16,20H,6-11,13-15H2,1H3,(H2,29,30,35). The van der Waals surface area contributed by atoms with E-state index in [4.69, 9.17) is 19.4 Å². The van der Waals surface area contributed by atoms with Gasteiger partial charge in [-0.3, -0.25) is 0 Å². The Morgan fingerprint density at radius 2 is 1.81 bits per heavy atom. The number of carbonyl (C=O) groups excluding carboxylic acids is 1. The molecule has 0 atom stereocenters. The van der Waals surface area contributed by atoms with Crippen LogP contribution in [0.15, 0.2) is 36.7 Å². The minimum Gasteiger partial charge on any atom is -0.378 e. The summed E-state index contributed by atoms with van der Waals surface area (Å²) in [6.07, 6.45) is 2.45. The van der Waals surface area contributed by atoms with E-state index in [9.17, 15) is 4.79 Å². The zero-order chi connectivity index (χ0) is 25.2. The molecule has 0 bridgehead atoms. The van der Waals surface area contributed by atoms with E-state index in [1.165, 1.54) is 5.56 Å². The monoisotopic (exact) mass is 502 g/mol. The number of benzene rings is 1. The second-order valence-corrected chi connectivity index (χ2v) is 9.49. The van der Waals surface area contributed by atoms with Crippen molar-refractivity contribution in [3.63, 3.8) is 0 Å². The van der Waals surface area contributed by atoms with Gasteiger partial charge in [0.1, 0.15) is 18.0 Å². The van der Waals surface area contributed by atoms with Crippen LogP contribution in [0.3, 0.4) is 0 Å². The van der Waals surface area contributed by atoms with Crippen molar-refractivity contribution in [1.29, 1.82) is 0 Å². The summed E-state index contributed by atoms with van der Waals surface area (Å²) in [4.78, 5) is 35.5. The van der Waals surface area contributed by atoms with E-state index in [0.29, 0.717) is 44.5 Å². The molecule has 3 aliphatic rings. The topological polar surface area (TPSA) is 118 Å². The van der Waals surface area contributed by atoms with E-state index in [0.717, 1.165) is 54.6 Å². The lowest BCUT2D eigenvalue weighted by atomic mass is 10.0. The van der Waals surface area contributed by atoms with E-state index in [1.807, 2.05) is 37.3 Å². The Hall–Kier alpha value is -3.83. The Morgan fingerprint density at radius 3 is 2.54 bits per heavy atom. The molecule has 0 radical (unpaired) electrons. The van der Waals surface area contributed by atoms with Gasteiger partial charge in [-0.05, 0) is 37.6 Å². The van der Waals surface area contributed by atoms with Crippen molar-refractivity contribution in [3.8, 4) is 11.4 Å². The number of ether oxygens (including phenoxy) is 2. The summed E-state index contributed by atoms with van der Waals surface area (Å²) in [7, 11) is 0. The maximum Gasteiger partial charge on any atom is 0.319 e. The SMILES string of the molecule is Cc1cc(N2CCc3c(nc(-c4ccc(NC(=O)NC5COC5)cc4)nc3N3CCOCC3)C2)ncn1. The highest BCUT2D eigenvalue weighted by molar-refractivity contribution is 5.89. The summed E-state index contributed by atoms with van der Waals surface area (Å²) in [6.45, 7) is 7.59. The molecule has 11 nitrogen and oxygen atoms in total. The molecule has 192 valence electrons. The molecule has 3 aromatic rings. The highest BCUT2D eigenvalue weighted by atomic mass is 16.5. The molecule has 2 fully saturated rings. The number of aryl methyl sites for hydroxylation is 1. The molecular weight excluding hydrogens is 472 g/mol. The van der Waals surface area contributed by atoms with Crippen LogP contribution in [0.1, 0.15) is 17.0 Å². The summed E-state index contributed by atoms with van der Waals surface area (Å²) < 4.78 is 10.7. The van der Waals surface area contributed by atoms with Crippen LogP contribution in [-0.2, 0) is 22.4 Å². The molecule has 2 saturated heterocycles. The fraction of sp³-hybridized carbons (Fsp3) is 0.423. The first-order valence-electron chi connectivity index (χ1n) is 12.6. The number of rotatable bonds is 5. The first-order chi connectivity index (χ1) is 18.1. The summed E-state index contributed by atoms with van der Waals surface area (Å²) in [5, 5.41) is 5.75. The van der Waals surface area contributed by atoms with Gasteiger partial charge in [-0.15, -0.1) is 0 Å². The minimum atomic E-state index is -0.235. The molecule has 37 heavy (non-hydrogen) atoms. The Bertz CT molecular complexity index is 1280. The number of amides is 2. The fourth-order valence-corrected chi connectivity index (χ4v) is 4.76. The fourth-order valence-electron chi connectivity index (χ4n) is 4.76. The van der Waals surface area contributed by atoms with Crippen LogP contribution in [-0.4, -0.2) is 78.1 Å². The van der Waals surface area contributed by atoms with E-state index in [-0.39, 0.29) is 12.1 Å². The number of morpholine rings is 1. The lowest BCUT2D eigenvalue weighted by Crippen LogP contribution is -2.49. The summed E-state index contributed by atoms with van der Waals surface area (Å²) in [5.74, 6) is 2.57. The highest BCUT2D eigenvalue weighted by Gasteiger charge is 2.27. The number of urea groups is 1. The van der Waals surface area contributed by atoms with Crippen LogP contribution in [0.25, 0.3) is 11.4 Å². The molecular formula is C26H30N8O3. The van der Waals surface area contributed by atoms with E-state index in [1.54, 1.807) is 6.33 Å². The van der Waals surface area contributed by atoms with Gasteiger partial charge in [-0.1, -0.05) is 0 Å². The van der Waals surface area contributed by atoms with Crippen LogP contribution in [0.2, 0.25) is 0 Å². The number of hydrogen-bond acceptors (Lipinski definition) is 9. The van der Waals surface area contributed by atoms with Crippen LogP contribution < -0.4 is 20.4 Å². The third-order valence-corrected chi connectivity index (χ3v) is 6.84. The van der Waals surface area contributed by atoms with Crippen LogP contribution >= 0.6 is 0 Å². The molecule has 0 unspecified atom stereocenters. The lowest BCUT2D eigenvalue weighted by Gasteiger charge is -2.34. The average molecular weight is 503 g/mol. The third kappa shape index (κ3) is 5.18. The molecule has 2 aromatic heterocycles. The molecule has 11 heteroatoms. The first-order valence-corrected chi connectivity index (χ1v) is 12.6. The molecule has 5 heterocycles.